The van der Waals surface area contributed by atoms with Crippen LogP contribution in [0.15, 0.2) is 84.9 Å². The fraction of sp³-hybridized carbons (Fsp3) is 0.467. The fourth-order valence-electron chi connectivity index (χ4n) is 7.41. The van der Waals surface area contributed by atoms with Crippen molar-refractivity contribution in [2.24, 2.45) is 0 Å². The minimum Gasteiger partial charge on any atom is -0.399 e. The summed E-state index contributed by atoms with van der Waals surface area (Å²) in [5.74, 6) is 0.825. The van der Waals surface area contributed by atoms with Crippen molar-refractivity contribution in [3.8, 4) is 0 Å². The van der Waals surface area contributed by atoms with Gasteiger partial charge in [-0.05, 0) is 102 Å². The number of unbranched alkanes of at least 4 members (excludes halogenated alkanes) is 10. The number of hydrogen-bond donors (Lipinski definition) is 2. The summed E-state index contributed by atoms with van der Waals surface area (Å²) in [6.45, 7) is 9.00. The molecule has 0 aromatic heterocycles. The zero-order valence-electron chi connectivity index (χ0n) is 30.0. The van der Waals surface area contributed by atoms with Gasteiger partial charge < -0.3 is 11.5 Å². The minimum atomic E-state index is 0.412. The highest BCUT2D eigenvalue weighted by atomic mass is 14.5. The van der Waals surface area contributed by atoms with Gasteiger partial charge in [-0.2, -0.15) is 0 Å². The Bertz CT molecular complexity index is 1350. The van der Waals surface area contributed by atoms with Crippen LogP contribution < -0.4 is 11.5 Å². The Morgan fingerprint density at radius 2 is 0.809 bits per heavy atom. The number of rotatable bonds is 20. The zero-order chi connectivity index (χ0) is 33.4. The Balaban J connectivity index is 1.45. The minimum absolute atomic E-state index is 0.412. The summed E-state index contributed by atoms with van der Waals surface area (Å²) < 4.78 is 0. The molecule has 2 heteroatoms. The van der Waals surface area contributed by atoms with Crippen LogP contribution in [-0.2, 0) is 6.42 Å². The van der Waals surface area contributed by atoms with Gasteiger partial charge in [0.2, 0.25) is 0 Å². The Morgan fingerprint density at radius 3 is 1.17 bits per heavy atom. The third kappa shape index (κ3) is 11.3. The first kappa shape index (κ1) is 36.3. The van der Waals surface area contributed by atoms with Gasteiger partial charge in [0.05, 0.1) is 0 Å². The Hall–Kier alpha value is -3.52. The van der Waals surface area contributed by atoms with Crippen LogP contribution in [-0.4, -0.2) is 0 Å². The van der Waals surface area contributed by atoms with E-state index in [4.69, 9.17) is 11.5 Å². The highest BCUT2D eigenvalue weighted by Gasteiger charge is 2.18. The van der Waals surface area contributed by atoms with Crippen LogP contribution in [0.25, 0.3) is 0 Å². The standard InChI is InChI=1S/C45H62N2/c1-5-7-9-11-13-15-17-44(42-29-27-40(46)31-34(42)3)38-23-19-36(20-24-38)33-37-21-25-39(26-22-37)45(18-16-14-12-10-8-6-2)43-30-28-41(47)32-35(43)4/h19-32,44-45H,5-18,33,46-47H2,1-4H3. The van der Waals surface area contributed by atoms with Crippen molar-refractivity contribution < 1.29 is 0 Å². The second-order valence-electron chi connectivity index (χ2n) is 14.1. The summed E-state index contributed by atoms with van der Waals surface area (Å²) in [5, 5.41) is 0. The van der Waals surface area contributed by atoms with Crippen LogP contribution in [0.1, 0.15) is 160 Å². The SMILES string of the molecule is CCCCCCCCC(c1ccc(Cc2ccc(C(CCCCCCCC)c3ccc(N)cc3C)cc2)cc1)c1ccc(N)cc1C. The molecule has 4 aromatic rings. The summed E-state index contributed by atoms with van der Waals surface area (Å²) >= 11 is 0. The van der Waals surface area contributed by atoms with Gasteiger partial charge in [0.25, 0.3) is 0 Å². The molecule has 252 valence electrons. The Morgan fingerprint density at radius 1 is 0.447 bits per heavy atom. The van der Waals surface area contributed by atoms with E-state index in [2.05, 4.69) is 113 Å². The lowest BCUT2D eigenvalue weighted by atomic mass is 9.83. The molecular formula is C45H62N2. The number of nitrogen functional groups attached to an aromatic ring is 2. The molecule has 0 fully saturated rings. The van der Waals surface area contributed by atoms with E-state index in [1.807, 2.05) is 0 Å². The maximum Gasteiger partial charge on any atom is 0.0316 e. The Kier molecular flexibility index (Phi) is 14.9. The summed E-state index contributed by atoms with van der Waals surface area (Å²) in [7, 11) is 0. The highest BCUT2D eigenvalue weighted by molar-refractivity contribution is 5.49. The molecule has 0 aliphatic rings. The average Bonchev–Trinajstić information content (AvgIpc) is 3.06. The van der Waals surface area contributed by atoms with Crippen LogP contribution in [0.5, 0.6) is 0 Å². The molecule has 0 saturated heterocycles. The molecule has 4 rings (SSSR count). The second kappa shape index (κ2) is 19.3. The van der Waals surface area contributed by atoms with E-state index in [0.717, 1.165) is 17.8 Å². The van der Waals surface area contributed by atoms with Gasteiger partial charge >= 0.3 is 0 Å². The number of benzene rings is 4. The number of aryl methyl sites for hydroxylation is 2. The summed E-state index contributed by atoms with van der Waals surface area (Å²) in [6.07, 6.45) is 19.2. The molecule has 0 saturated carbocycles. The lowest BCUT2D eigenvalue weighted by Gasteiger charge is -2.21. The quantitative estimate of drug-likeness (QED) is 0.0754. The maximum atomic E-state index is 6.13. The molecule has 0 aliphatic heterocycles. The third-order valence-electron chi connectivity index (χ3n) is 10.2. The predicted molar refractivity (Wildman–Crippen MR) is 207 cm³/mol. The first-order chi connectivity index (χ1) is 22.9. The molecule has 0 aliphatic carbocycles. The summed E-state index contributed by atoms with van der Waals surface area (Å²) in [4.78, 5) is 0. The highest BCUT2D eigenvalue weighted by Crippen LogP contribution is 2.35. The van der Waals surface area contributed by atoms with E-state index < -0.39 is 0 Å². The second-order valence-corrected chi connectivity index (χ2v) is 14.1. The molecule has 0 bridgehead atoms. The van der Waals surface area contributed by atoms with E-state index in [1.165, 1.54) is 134 Å². The molecule has 4 N–H and O–H groups in total. The third-order valence-corrected chi connectivity index (χ3v) is 10.2. The van der Waals surface area contributed by atoms with Gasteiger partial charge in [0, 0.05) is 23.2 Å². The van der Waals surface area contributed by atoms with E-state index >= 15 is 0 Å². The number of nitrogens with two attached hydrogens (primary N) is 2. The zero-order valence-corrected chi connectivity index (χ0v) is 30.0. The average molecular weight is 631 g/mol. The van der Waals surface area contributed by atoms with Crippen molar-refractivity contribution >= 4 is 11.4 Å². The molecule has 4 aromatic carbocycles. The molecule has 2 atom stereocenters. The van der Waals surface area contributed by atoms with Crippen LogP contribution >= 0.6 is 0 Å². The smallest absolute Gasteiger partial charge is 0.0316 e. The molecule has 0 radical (unpaired) electrons. The van der Waals surface area contributed by atoms with Crippen LogP contribution in [0.4, 0.5) is 11.4 Å². The molecule has 47 heavy (non-hydrogen) atoms. The van der Waals surface area contributed by atoms with E-state index in [0.29, 0.717) is 11.8 Å². The maximum absolute atomic E-state index is 6.13. The van der Waals surface area contributed by atoms with Gasteiger partial charge in [-0.3, -0.25) is 0 Å². The van der Waals surface area contributed by atoms with Crippen LogP contribution in [0, 0.1) is 13.8 Å². The van der Waals surface area contributed by atoms with Crippen molar-refractivity contribution in [2.75, 3.05) is 11.5 Å². The molecule has 2 unspecified atom stereocenters. The molecule has 0 spiro atoms. The fourth-order valence-corrected chi connectivity index (χ4v) is 7.41. The van der Waals surface area contributed by atoms with Gasteiger partial charge in [-0.1, -0.05) is 152 Å². The van der Waals surface area contributed by atoms with Gasteiger partial charge in [0.15, 0.2) is 0 Å². The largest absolute Gasteiger partial charge is 0.399 e. The lowest BCUT2D eigenvalue weighted by molar-refractivity contribution is 0.567. The lowest BCUT2D eigenvalue weighted by Crippen LogP contribution is -2.05. The number of anilines is 2. The molecule has 0 heterocycles. The normalized spacial score (nSPS) is 12.7. The molecule has 0 amide bonds. The van der Waals surface area contributed by atoms with Gasteiger partial charge in [-0.25, -0.2) is 0 Å². The molecular weight excluding hydrogens is 569 g/mol. The van der Waals surface area contributed by atoms with Crippen molar-refractivity contribution in [3.05, 3.63) is 129 Å². The predicted octanol–water partition coefficient (Wildman–Crippen LogP) is 12.8. The summed E-state index contributed by atoms with van der Waals surface area (Å²) in [6, 6.07) is 31.8. The number of hydrogen-bond acceptors (Lipinski definition) is 2. The van der Waals surface area contributed by atoms with Gasteiger partial charge in [-0.15, -0.1) is 0 Å². The first-order valence-electron chi connectivity index (χ1n) is 18.8. The molecule has 2 nitrogen and oxygen atoms in total. The monoisotopic (exact) mass is 630 g/mol. The first-order valence-corrected chi connectivity index (χ1v) is 18.8. The van der Waals surface area contributed by atoms with Crippen molar-refractivity contribution in [2.45, 2.75) is 136 Å². The van der Waals surface area contributed by atoms with Crippen LogP contribution in [0.2, 0.25) is 0 Å². The van der Waals surface area contributed by atoms with Crippen molar-refractivity contribution in [3.63, 3.8) is 0 Å². The Labute approximate surface area is 287 Å². The van der Waals surface area contributed by atoms with Gasteiger partial charge in [0.1, 0.15) is 0 Å². The van der Waals surface area contributed by atoms with E-state index in [-0.39, 0.29) is 0 Å². The summed E-state index contributed by atoms with van der Waals surface area (Å²) in [5.41, 5.74) is 25.0. The van der Waals surface area contributed by atoms with Crippen LogP contribution in [0.3, 0.4) is 0 Å². The van der Waals surface area contributed by atoms with E-state index in [9.17, 15) is 0 Å². The van der Waals surface area contributed by atoms with E-state index in [1.54, 1.807) is 0 Å². The topological polar surface area (TPSA) is 52.0 Å². The van der Waals surface area contributed by atoms with Crippen molar-refractivity contribution in [1.29, 1.82) is 0 Å². The van der Waals surface area contributed by atoms with Crippen molar-refractivity contribution in [1.82, 2.24) is 0 Å².